The number of carbonyl (C=O) groups excluding carboxylic acids is 2. The first-order chi connectivity index (χ1) is 24.6. The van der Waals surface area contributed by atoms with E-state index in [4.69, 9.17) is 19.1 Å². The van der Waals surface area contributed by atoms with Crippen LogP contribution in [0.2, 0.25) is 0 Å². The highest BCUT2D eigenvalue weighted by atomic mass is 16.6. The lowest BCUT2D eigenvalue weighted by Crippen LogP contribution is -2.51. The van der Waals surface area contributed by atoms with Gasteiger partial charge in [0.15, 0.2) is 0 Å². The summed E-state index contributed by atoms with van der Waals surface area (Å²) in [5.41, 5.74) is 8.19. The van der Waals surface area contributed by atoms with Crippen LogP contribution in [0, 0.1) is 0 Å². The van der Waals surface area contributed by atoms with Gasteiger partial charge in [0.2, 0.25) is 0 Å². The number of oxime groups is 1. The maximum atomic E-state index is 12.1. The molecule has 2 heterocycles. The van der Waals surface area contributed by atoms with Crippen molar-refractivity contribution < 1.29 is 28.7 Å². The Kier molecular flexibility index (Phi) is 15.0. The van der Waals surface area contributed by atoms with Crippen molar-refractivity contribution in [3.8, 4) is 0 Å². The molecule has 0 saturated carbocycles. The zero-order valence-electron chi connectivity index (χ0n) is 28.2. The van der Waals surface area contributed by atoms with Gasteiger partial charge in [-0.1, -0.05) is 126 Å². The van der Waals surface area contributed by atoms with Crippen LogP contribution in [0.3, 0.4) is 0 Å². The Balaban J connectivity index is 0.000000194. The first kappa shape index (κ1) is 36.4. The fraction of sp³-hybridized carbons (Fsp3) is 0.325. The molecule has 6 rings (SSSR count). The molecule has 4 aromatic carbocycles. The van der Waals surface area contributed by atoms with Gasteiger partial charge in [0.25, 0.3) is 0 Å². The van der Waals surface area contributed by atoms with Crippen molar-refractivity contribution in [2.45, 2.75) is 70.2 Å². The minimum absolute atomic E-state index is 0.187. The van der Waals surface area contributed by atoms with Crippen molar-refractivity contribution in [1.82, 2.24) is 16.1 Å². The third kappa shape index (κ3) is 12.9. The molecule has 2 aliphatic heterocycles. The highest BCUT2D eigenvalue weighted by Gasteiger charge is 2.27. The van der Waals surface area contributed by atoms with Gasteiger partial charge in [-0.15, -0.1) is 0 Å². The average Bonchev–Trinajstić information content (AvgIpc) is 3.18. The number of carbonyl (C=O) groups is 2. The number of nitrogens with zero attached hydrogens (tertiary/aromatic N) is 1. The van der Waals surface area contributed by atoms with E-state index in [1.165, 1.54) is 0 Å². The third-order valence-corrected chi connectivity index (χ3v) is 8.30. The Morgan fingerprint density at radius 3 is 1.54 bits per heavy atom. The molecule has 3 atom stereocenters. The Morgan fingerprint density at radius 1 is 0.600 bits per heavy atom. The fourth-order valence-corrected chi connectivity index (χ4v) is 5.43. The number of nitrogens with one attached hydrogen (secondary N) is 3. The minimum Gasteiger partial charge on any atom is -0.460 e. The minimum atomic E-state index is -0.281. The molecule has 3 N–H and O–H groups in total. The highest BCUT2D eigenvalue weighted by Crippen LogP contribution is 2.13. The van der Waals surface area contributed by atoms with Crippen LogP contribution in [0.25, 0.3) is 0 Å². The third-order valence-electron chi connectivity index (χ3n) is 8.30. The normalized spacial score (nSPS) is 19.4. The Labute approximate surface area is 294 Å². The molecular weight excluding hydrogens is 632 g/mol. The maximum Gasteiger partial charge on any atom is 0.323 e. The Hall–Kier alpha value is -4.87. The zero-order chi connectivity index (χ0) is 34.6. The molecule has 0 aromatic heterocycles. The van der Waals surface area contributed by atoms with Crippen molar-refractivity contribution in [3.63, 3.8) is 0 Å². The van der Waals surface area contributed by atoms with Gasteiger partial charge >= 0.3 is 11.9 Å². The summed E-state index contributed by atoms with van der Waals surface area (Å²) in [6, 6.07) is 39.0. The fourth-order valence-electron chi connectivity index (χ4n) is 5.43. The van der Waals surface area contributed by atoms with E-state index < -0.39 is 0 Å². The first-order valence-corrected chi connectivity index (χ1v) is 17.1. The predicted octanol–water partition coefficient (Wildman–Crippen LogP) is 5.63. The van der Waals surface area contributed by atoms with Crippen LogP contribution in [-0.4, -0.2) is 48.9 Å². The van der Waals surface area contributed by atoms with Crippen molar-refractivity contribution in [2.75, 3.05) is 13.1 Å². The lowest BCUT2D eigenvalue weighted by molar-refractivity contribution is -0.149. The van der Waals surface area contributed by atoms with Gasteiger partial charge in [0.05, 0.1) is 12.3 Å². The quantitative estimate of drug-likeness (QED) is 0.122. The number of hydrogen-bond donors (Lipinski definition) is 3. The number of piperidine rings is 2. The molecule has 0 unspecified atom stereocenters. The molecule has 0 radical (unpaired) electrons. The van der Waals surface area contributed by atoms with E-state index in [2.05, 4.69) is 21.3 Å². The van der Waals surface area contributed by atoms with Gasteiger partial charge in [-0.2, -0.15) is 5.48 Å². The Bertz CT molecular complexity index is 1570. The topological polar surface area (TPSA) is 120 Å². The molecular formula is C40H46N4O6. The molecule has 10 nitrogen and oxygen atoms in total. The van der Waals surface area contributed by atoms with Gasteiger partial charge in [-0.25, -0.2) is 0 Å². The van der Waals surface area contributed by atoms with Gasteiger partial charge in [-0.3, -0.25) is 19.7 Å². The predicted molar refractivity (Wildman–Crippen MR) is 191 cm³/mol. The van der Waals surface area contributed by atoms with Crippen LogP contribution in [0.15, 0.2) is 126 Å². The summed E-state index contributed by atoms with van der Waals surface area (Å²) in [5, 5.41) is 10.6. The van der Waals surface area contributed by atoms with Gasteiger partial charge in [-0.05, 0) is 47.9 Å². The maximum absolute atomic E-state index is 12.1. The molecule has 0 aliphatic carbocycles. The summed E-state index contributed by atoms with van der Waals surface area (Å²) in [6.45, 7) is 2.82. The Morgan fingerprint density at radius 2 is 1.08 bits per heavy atom. The number of hydrogen-bond acceptors (Lipinski definition) is 10. The molecule has 262 valence electrons. The number of hydroxylamine groups is 1. The van der Waals surface area contributed by atoms with E-state index >= 15 is 0 Å². The van der Waals surface area contributed by atoms with E-state index in [1.54, 1.807) is 0 Å². The zero-order valence-corrected chi connectivity index (χ0v) is 28.2. The summed E-state index contributed by atoms with van der Waals surface area (Å²) in [5.74, 6) is -0.402. The molecule has 0 bridgehead atoms. The molecule has 10 heteroatoms. The molecule has 4 aromatic rings. The monoisotopic (exact) mass is 678 g/mol. The molecule has 0 amide bonds. The van der Waals surface area contributed by atoms with Crippen molar-refractivity contribution in [3.05, 3.63) is 144 Å². The number of rotatable bonds is 13. The van der Waals surface area contributed by atoms with E-state index in [9.17, 15) is 9.59 Å². The molecule has 2 saturated heterocycles. The first-order valence-electron chi connectivity index (χ1n) is 17.1. The second-order valence-electron chi connectivity index (χ2n) is 12.2. The average molecular weight is 679 g/mol. The SMILES string of the molecule is O=C(OCc1ccccc1)[C@@H]1CCC(=NOCc2ccccc2)CN1.O=C(OCc1ccccc1)[C@@H]1CC[C@H](NOCc2ccccc2)CN1. The lowest BCUT2D eigenvalue weighted by atomic mass is 10.0. The van der Waals surface area contributed by atoms with Gasteiger partial charge < -0.3 is 19.6 Å². The number of benzene rings is 4. The van der Waals surface area contributed by atoms with Crippen molar-refractivity contribution in [1.29, 1.82) is 0 Å². The van der Waals surface area contributed by atoms with Crippen LogP contribution in [0.4, 0.5) is 0 Å². The van der Waals surface area contributed by atoms with Crippen LogP contribution in [-0.2, 0) is 55.2 Å². The molecule has 50 heavy (non-hydrogen) atoms. The number of esters is 2. The number of ether oxygens (including phenoxy) is 2. The highest BCUT2D eigenvalue weighted by molar-refractivity contribution is 5.89. The van der Waals surface area contributed by atoms with Crippen LogP contribution in [0.5, 0.6) is 0 Å². The summed E-state index contributed by atoms with van der Waals surface area (Å²) in [4.78, 5) is 35.2. The van der Waals surface area contributed by atoms with Crippen LogP contribution < -0.4 is 16.1 Å². The second-order valence-corrected chi connectivity index (χ2v) is 12.2. The molecule has 0 spiro atoms. The summed E-state index contributed by atoms with van der Waals surface area (Å²) in [6.07, 6.45) is 3.00. The van der Waals surface area contributed by atoms with Crippen molar-refractivity contribution >= 4 is 17.7 Å². The largest absolute Gasteiger partial charge is 0.460 e. The van der Waals surface area contributed by atoms with Gasteiger partial charge in [0.1, 0.15) is 31.9 Å². The smallest absolute Gasteiger partial charge is 0.323 e. The lowest BCUT2D eigenvalue weighted by Gasteiger charge is -2.28. The van der Waals surface area contributed by atoms with Crippen molar-refractivity contribution in [2.24, 2.45) is 5.16 Å². The van der Waals surface area contributed by atoms with Gasteiger partial charge in [0, 0.05) is 19.1 Å². The van der Waals surface area contributed by atoms with E-state index in [1.807, 2.05) is 121 Å². The standard InChI is InChI=1S/C20H24N2O3.C20H22N2O3/c2*23-20(24-14-16-7-3-1-4-8-16)19-12-11-18(13-21-19)22-25-15-17-9-5-2-6-10-17/h1-10,18-19,21-22H,11-15H2;1-10,19,21H,11-15H2/t18-,19-;19-/m00/s1. The van der Waals surface area contributed by atoms with E-state index in [0.29, 0.717) is 45.9 Å². The van der Waals surface area contributed by atoms with E-state index in [0.717, 1.165) is 47.2 Å². The molecule has 2 aliphatic rings. The summed E-state index contributed by atoms with van der Waals surface area (Å²) >= 11 is 0. The summed E-state index contributed by atoms with van der Waals surface area (Å²) in [7, 11) is 0. The van der Waals surface area contributed by atoms with Crippen LogP contribution in [0.1, 0.15) is 47.9 Å². The summed E-state index contributed by atoms with van der Waals surface area (Å²) < 4.78 is 10.8. The van der Waals surface area contributed by atoms with Crippen LogP contribution >= 0.6 is 0 Å². The second kappa shape index (κ2) is 20.6. The van der Waals surface area contributed by atoms with E-state index in [-0.39, 0.29) is 30.1 Å². The molecule has 2 fully saturated rings.